The normalized spacial score (nSPS) is 15.2. The van der Waals surface area contributed by atoms with Crippen LogP contribution in [0, 0.1) is 0 Å². The fourth-order valence-corrected chi connectivity index (χ4v) is 2.12. The number of halogens is 3. The van der Waals surface area contributed by atoms with E-state index in [0.717, 1.165) is 5.56 Å². The first-order valence-electron chi connectivity index (χ1n) is 5.90. The standard InChI is InChI=1S/C14H10ClF2NO2/c15-10-3-1-2-9(6-10)8-18-11-4-5-12-13(7-11)20-14(16,17)19-12/h1-7,18H,8H2. The van der Waals surface area contributed by atoms with E-state index in [9.17, 15) is 8.78 Å². The number of ether oxygens (including phenoxy) is 2. The van der Waals surface area contributed by atoms with E-state index in [1.54, 1.807) is 12.1 Å². The molecule has 0 saturated heterocycles. The third-order valence-electron chi connectivity index (χ3n) is 2.79. The lowest BCUT2D eigenvalue weighted by Crippen LogP contribution is -2.25. The molecule has 1 N–H and O–H groups in total. The first-order chi connectivity index (χ1) is 9.52. The Morgan fingerprint density at radius 2 is 1.85 bits per heavy atom. The average molecular weight is 298 g/mol. The highest BCUT2D eigenvalue weighted by atomic mass is 35.5. The van der Waals surface area contributed by atoms with Gasteiger partial charge in [-0.2, -0.15) is 0 Å². The maximum absolute atomic E-state index is 12.9. The number of nitrogens with one attached hydrogen (secondary N) is 1. The number of hydrogen-bond donors (Lipinski definition) is 1. The van der Waals surface area contributed by atoms with Gasteiger partial charge in [-0.05, 0) is 29.8 Å². The van der Waals surface area contributed by atoms with Crippen molar-refractivity contribution in [1.82, 2.24) is 0 Å². The topological polar surface area (TPSA) is 30.5 Å². The van der Waals surface area contributed by atoms with Crippen molar-refractivity contribution in [2.24, 2.45) is 0 Å². The summed E-state index contributed by atoms with van der Waals surface area (Å²) >= 11 is 5.89. The summed E-state index contributed by atoms with van der Waals surface area (Å²) in [4.78, 5) is 0. The largest absolute Gasteiger partial charge is 0.586 e. The summed E-state index contributed by atoms with van der Waals surface area (Å²) in [7, 11) is 0. The van der Waals surface area contributed by atoms with Gasteiger partial charge in [-0.1, -0.05) is 23.7 Å². The minimum atomic E-state index is -3.59. The van der Waals surface area contributed by atoms with Crippen LogP contribution < -0.4 is 14.8 Å². The maximum atomic E-state index is 12.9. The average Bonchev–Trinajstić information content (AvgIpc) is 2.69. The number of hydrogen-bond acceptors (Lipinski definition) is 3. The van der Waals surface area contributed by atoms with Gasteiger partial charge in [0.2, 0.25) is 0 Å². The number of anilines is 1. The van der Waals surface area contributed by atoms with Crippen molar-refractivity contribution in [3.8, 4) is 11.5 Å². The molecule has 0 spiro atoms. The monoisotopic (exact) mass is 297 g/mol. The first kappa shape index (κ1) is 13.0. The fraction of sp³-hybridized carbons (Fsp3) is 0.143. The summed E-state index contributed by atoms with van der Waals surface area (Å²) in [6.07, 6.45) is -3.59. The smallest absolute Gasteiger partial charge is 0.395 e. The van der Waals surface area contributed by atoms with Crippen molar-refractivity contribution in [2.45, 2.75) is 12.8 Å². The molecule has 0 bridgehead atoms. The first-order valence-corrected chi connectivity index (χ1v) is 6.28. The van der Waals surface area contributed by atoms with Crippen LogP contribution in [0.5, 0.6) is 11.5 Å². The van der Waals surface area contributed by atoms with E-state index < -0.39 is 6.29 Å². The van der Waals surface area contributed by atoms with Crippen LogP contribution in [0.2, 0.25) is 5.02 Å². The lowest BCUT2D eigenvalue weighted by molar-refractivity contribution is -0.286. The van der Waals surface area contributed by atoms with Gasteiger partial charge >= 0.3 is 6.29 Å². The molecule has 0 aromatic heterocycles. The summed E-state index contributed by atoms with van der Waals surface area (Å²) in [5, 5.41) is 3.75. The molecule has 3 rings (SSSR count). The molecular formula is C14H10ClF2NO2. The lowest BCUT2D eigenvalue weighted by atomic mass is 10.2. The van der Waals surface area contributed by atoms with E-state index >= 15 is 0 Å². The lowest BCUT2D eigenvalue weighted by Gasteiger charge is -2.07. The van der Waals surface area contributed by atoms with Crippen LogP contribution in [0.1, 0.15) is 5.56 Å². The van der Waals surface area contributed by atoms with Gasteiger partial charge < -0.3 is 14.8 Å². The van der Waals surface area contributed by atoms with Crippen LogP contribution >= 0.6 is 11.6 Å². The van der Waals surface area contributed by atoms with Gasteiger partial charge in [0.15, 0.2) is 11.5 Å². The maximum Gasteiger partial charge on any atom is 0.586 e. The van der Waals surface area contributed by atoms with Crippen LogP contribution in [-0.4, -0.2) is 6.29 Å². The van der Waals surface area contributed by atoms with Gasteiger partial charge in [0.25, 0.3) is 0 Å². The van der Waals surface area contributed by atoms with Crippen LogP contribution in [0.3, 0.4) is 0 Å². The Morgan fingerprint density at radius 3 is 2.65 bits per heavy atom. The van der Waals surface area contributed by atoms with Crippen LogP contribution in [0.15, 0.2) is 42.5 Å². The summed E-state index contributed by atoms with van der Waals surface area (Å²) in [6.45, 7) is 0.524. The van der Waals surface area contributed by atoms with E-state index in [-0.39, 0.29) is 11.5 Å². The number of benzene rings is 2. The Bertz CT molecular complexity index is 649. The second-order valence-electron chi connectivity index (χ2n) is 4.31. The van der Waals surface area contributed by atoms with Crippen LogP contribution in [0.25, 0.3) is 0 Å². The Hall–Kier alpha value is -2.01. The predicted molar refractivity (Wildman–Crippen MR) is 71.4 cm³/mol. The van der Waals surface area contributed by atoms with Crippen LogP contribution in [-0.2, 0) is 6.54 Å². The van der Waals surface area contributed by atoms with Crippen molar-refractivity contribution >= 4 is 17.3 Å². The van der Waals surface area contributed by atoms with E-state index in [4.69, 9.17) is 11.6 Å². The minimum Gasteiger partial charge on any atom is -0.395 e. The summed E-state index contributed by atoms with van der Waals surface area (Å²) in [6, 6.07) is 11.9. The van der Waals surface area contributed by atoms with Gasteiger partial charge in [0, 0.05) is 23.3 Å². The number of fused-ring (bicyclic) bond motifs is 1. The molecule has 0 fully saturated rings. The van der Waals surface area contributed by atoms with Crippen molar-refractivity contribution < 1.29 is 18.3 Å². The third-order valence-corrected chi connectivity index (χ3v) is 3.02. The fourth-order valence-electron chi connectivity index (χ4n) is 1.91. The molecule has 1 aliphatic rings. The molecule has 20 heavy (non-hydrogen) atoms. The highest BCUT2D eigenvalue weighted by Gasteiger charge is 2.43. The van der Waals surface area contributed by atoms with E-state index in [0.29, 0.717) is 17.3 Å². The molecule has 0 aliphatic carbocycles. The van der Waals surface area contributed by atoms with Crippen molar-refractivity contribution in [1.29, 1.82) is 0 Å². The zero-order valence-corrected chi connectivity index (χ0v) is 11.0. The molecule has 2 aromatic rings. The summed E-state index contributed by atoms with van der Waals surface area (Å²) < 4.78 is 34.5. The van der Waals surface area contributed by atoms with E-state index in [1.165, 1.54) is 12.1 Å². The Labute approximate surface area is 119 Å². The van der Waals surface area contributed by atoms with Crippen molar-refractivity contribution in [3.05, 3.63) is 53.1 Å². The molecule has 0 atom stereocenters. The molecule has 2 aromatic carbocycles. The van der Waals surface area contributed by atoms with E-state index in [2.05, 4.69) is 14.8 Å². The second-order valence-corrected chi connectivity index (χ2v) is 4.75. The molecule has 104 valence electrons. The Morgan fingerprint density at radius 1 is 1.05 bits per heavy atom. The summed E-state index contributed by atoms with van der Waals surface area (Å²) in [5.74, 6) is 0.0504. The van der Waals surface area contributed by atoms with E-state index in [1.807, 2.05) is 18.2 Å². The van der Waals surface area contributed by atoms with Gasteiger partial charge in [0.1, 0.15) is 0 Å². The van der Waals surface area contributed by atoms with Gasteiger partial charge in [-0.25, -0.2) is 0 Å². The van der Waals surface area contributed by atoms with Gasteiger partial charge in [0.05, 0.1) is 0 Å². The molecule has 3 nitrogen and oxygen atoms in total. The van der Waals surface area contributed by atoms with Gasteiger partial charge in [-0.15, -0.1) is 8.78 Å². The minimum absolute atomic E-state index is 0.0195. The third kappa shape index (κ3) is 2.77. The summed E-state index contributed by atoms with van der Waals surface area (Å²) in [5.41, 5.74) is 1.64. The molecular weight excluding hydrogens is 288 g/mol. The zero-order chi connectivity index (χ0) is 14.2. The van der Waals surface area contributed by atoms with Crippen molar-refractivity contribution in [3.63, 3.8) is 0 Å². The SMILES string of the molecule is FC1(F)Oc2ccc(NCc3cccc(Cl)c3)cc2O1. The molecule has 0 amide bonds. The molecule has 0 radical (unpaired) electrons. The Kier molecular flexibility index (Phi) is 3.14. The second kappa shape index (κ2) is 4.83. The molecule has 1 aliphatic heterocycles. The van der Waals surface area contributed by atoms with Crippen LogP contribution in [0.4, 0.5) is 14.5 Å². The predicted octanol–water partition coefficient (Wildman–Crippen LogP) is 4.27. The van der Waals surface area contributed by atoms with Crippen molar-refractivity contribution in [2.75, 3.05) is 5.32 Å². The Balaban J connectivity index is 1.71. The number of alkyl halides is 2. The van der Waals surface area contributed by atoms with Gasteiger partial charge in [-0.3, -0.25) is 0 Å². The molecule has 0 saturated carbocycles. The zero-order valence-electron chi connectivity index (χ0n) is 10.2. The molecule has 1 heterocycles. The quantitative estimate of drug-likeness (QED) is 0.917. The molecule has 0 unspecified atom stereocenters. The number of rotatable bonds is 3. The highest BCUT2D eigenvalue weighted by Crippen LogP contribution is 2.42. The molecule has 6 heteroatoms. The highest BCUT2D eigenvalue weighted by molar-refractivity contribution is 6.30.